The van der Waals surface area contributed by atoms with E-state index in [1.807, 2.05) is 0 Å². The van der Waals surface area contributed by atoms with Gasteiger partial charge in [-0.15, -0.1) is 0 Å². The van der Waals surface area contributed by atoms with E-state index in [4.69, 9.17) is 11.6 Å². The minimum absolute atomic E-state index is 0.0836. The summed E-state index contributed by atoms with van der Waals surface area (Å²) in [6, 6.07) is 6.24. The molecule has 0 bridgehead atoms. The van der Waals surface area contributed by atoms with Crippen molar-refractivity contribution in [1.82, 2.24) is 15.0 Å². The summed E-state index contributed by atoms with van der Waals surface area (Å²) in [6.07, 6.45) is 2.43. The molecule has 0 fully saturated rings. The normalized spacial score (nSPS) is 11.2. The molecule has 0 unspecified atom stereocenters. The number of sulfone groups is 1. The summed E-state index contributed by atoms with van der Waals surface area (Å²) in [7, 11) is -3.19. The average Bonchev–Trinajstić information content (AvgIpc) is 2.28. The van der Waals surface area contributed by atoms with Gasteiger partial charge in [-0.25, -0.2) is 18.4 Å². The van der Waals surface area contributed by atoms with Crippen molar-refractivity contribution in [2.24, 2.45) is 0 Å². The van der Waals surface area contributed by atoms with Crippen molar-refractivity contribution in [2.45, 2.75) is 4.90 Å². The van der Waals surface area contributed by atoms with Crippen molar-refractivity contribution >= 4 is 33.1 Å². The van der Waals surface area contributed by atoms with Gasteiger partial charge in [-0.05, 0) is 35.9 Å². The van der Waals surface area contributed by atoms with Crippen LogP contribution < -0.4 is 5.32 Å². The summed E-state index contributed by atoms with van der Waals surface area (Å²) < 4.78 is 22.6. The lowest BCUT2D eigenvalue weighted by molar-refractivity contribution is 0.602. The van der Waals surface area contributed by atoms with Crippen LogP contribution in [0.3, 0.4) is 0 Å². The van der Waals surface area contributed by atoms with Crippen LogP contribution in [0.5, 0.6) is 0 Å². The number of benzene rings is 1. The minimum Gasteiger partial charge on any atom is -0.324 e. The SMILES string of the molecule is CS(=O)(=O)c1ccc(Nc2ncnc(Cl)n2)cc1. The molecule has 1 aromatic heterocycles. The van der Waals surface area contributed by atoms with Crippen LogP contribution in [0.15, 0.2) is 35.5 Å². The fourth-order valence-electron chi connectivity index (χ4n) is 1.25. The summed E-state index contributed by atoms with van der Waals surface area (Å²) >= 11 is 5.61. The highest BCUT2D eigenvalue weighted by molar-refractivity contribution is 7.90. The van der Waals surface area contributed by atoms with Gasteiger partial charge in [0.05, 0.1) is 4.90 Å². The summed E-state index contributed by atoms with van der Waals surface area (Å²) in [4.78, 5) is 11.6. The zero-order valence-electron chi connectivity index (χ0n) is 9.33. The number of anilines is 2. The highest BCUT2D eigenvalue weighted by atomic mass is 35.5. The van der Waals surface area contributed by atoms with Crippen molar-refractivity contribution in [3.63, 3.8) is 0 Å². The standard InChI is InChI=1S/C10H9ClN4O2S/c1-18(16,17)8-4-2-7(3-5-8)14-10-13-6-12-9(11)15-10/h2-6H,1H3,(H,12,13,14,15). The maximum atomic E-state index is 11.3. The lowest BCUT2D eigenvalue weighted by atomic mass is 10.3. The van der Waals surface area contributed by atoms with E-state index in [1.165, 1.54) is 18.5 Å². The van der Waals surface area contributed by atoms with Gasteiger partial charge in [0.1, 0.15) is 6.33 Å². The highest BCUT2D eigenvalue weighted by Crippen LogP contribution is 2.16. The Morgan fingerprint density at radius 2 is 1.83 bits per heavy atom. The van der Waals surface area contributed by atoms with Crippen molar-refractivity contribution in [1.29, 1.82) is 0 Å². The molecule has 0 aliphatic heterocycles. The fourth-order valence-corrected chi connectivity index (χ4v) is 2.01. The number of hydrogen-bond donors (Lipinski definition) is 1. The summed E-state index contributed by atoms with van der Waals surface area (Å²) in [5, 5.41) is 2.97. The van der Waals surface area contributed by atoms with E-state index >= 15 is 0 Å². The molecule has 1 aromatic carbocycles. The van der Waals surface area contributed by atoms with Crippen LogP contribution in [-0.4, -0.2) is 29.6 Å². The van der Waals surface area contributed by atoms with Gasteiger partial charge in [0.2, 0.25) is 11.2 Å². The summed E-state index contributed by atoms with van der Waals surface area (Å²) in [5.74, 6) is 0.294. The monoisotopic (exact) mass is 284 g/mol. The zero-order chi connectivity index (χ0) is 13.2. The van der Waals surface area contributed by atoms with Crippen molar-refractivity contribution in [2.75, 3.05) is 11.6 Å². The predicted octanol–water partition coefficient (Wildman–Crippen LogP) is 1.67. The molecule has 0 aliphatic rings. The van der Waals surface area contributed by atoms with Crippen LogP contribution in [0.2, 0.25) is 5.28 Å². The van der Waals surface area contributed by atoms with Crippen molar-refractivity contribution in [3.8, 4) is 0 Å². The number of rotatable bonds is 3. The third-order valence-corrected chi connectivity index (χ3v) is 3.39. The number of aromatic nitrogens is 3. The maximum Gasteiger partial charge on any atom is 0.231 e. The number of nitrogens with zero attached hydrogens (tertiary/aromatic N) is 3. The van der Waals surface area contributed by atoms with Gasteiger partial charge in [0, 0.05) is 11.9 Å². The van der Waals surface area contributed by atoms with E-state index in [2.05, 4.69) is 20.3 Å². The summed E-state index contributed by atoms with van der Waals surface area (Å²) in [5.41, 5.74) is 0.657. The lowest BCUT2D eigenvalue weighted by Gasteiger charge is -2.05. The predicted molar refractivity (Wildman–Crippen MR) is 67.7 cm³/mol. The first-order valence-electron chi connectivity index (χ1n) is 4.87. The lowest BCUT2D eigenvalue weighted by Crippen LogP contribution is -1.99. The third-order valence-electron chi connectivity index (χ3n) is 2.08. The Bertz CT molecular complexity index is 658. The van der Waals surface area contributed by atoms with E-state index in [-0.39, 0.29) is 10.2 Å². The Labute approximate surface area is 109 Å². The molecule has 8 heteroatoms. The molecular formula is C10H9ClN4O2S. The molecule has 1 heterocycles. The average molecular weight is 285 g/mol. The second-order valence-corrected chi connectivity index (χ2v) is 5.85. The summed E-state index contributed by atoms with van der Waals surface area (Å²) in [6.45, 7) is 0. The van der Waals surface area contributed by atoms with E-state index < -0.39 is 9.84 Å². The molecule has 0 radical (unpaired) electrons. The van der Waals surface area contributed by atoms with Gasteiger partial charge in [-0.2, -0.15) is 4.98 Å². The number of hydrogen-bond acceptors (Lipinski definition) is 6. The number of halogens is 1. The molecular weight excluding hydrogens is 276 g/mol. The van der Waals surface area contributed by atoms with Gasteiger partial charge in [0.15, 0.2) is 9.84 Å². The van der Waals surface area contributed by atoms with Crippen molar-refractivity contribution < 1.29 is 8.42 Å². The van der Waals surface area contributed by atoms with Gasteiger partial charge in [0.25, 0.3) is 0 Å². The van der Waals surface area contributed by atoms with Crippen LogP contribution in [0.1, 0.15) is 0 Å². The van der Waals surface area contributed by atoms with E-state index in [9.17, 15) is 8.42 Å². The van der Waals surface area contributed by atoms with Crippen LogP contribution in [-0.2, 0) is 9.84 Å². The molecule has 18 heavy (non-hydrogen) atoms. The van der Waals surface area contributed by atoms with Gasteiger partial charge in [-0.1, -0.05) is 0 Å². The van der Waals surface area contributed by atoms with E-state index in [0.29, 0.717) is 11.6 Å². The largest absolute Gasteiger partial charge is 0.324 e. The fraction of sp³-hybridized carbons (Fsp3) is 0.100. The maximum absolute atomic E-state index is 11.3. The Balaban J connectivity index is 2.21. The molecule has 2 aromatic rings. The van der Waals surface area contributed by atoms with Gasteiger partial charge < -0.3 is 5.32 Å². The molecule has 0 saturated heterocycles. The van der Waals surface area contributed by atoms with Crippen molar-refractivity contribution in [3.05, 3.63) is 35.9 Å². The molecule has 94 valence electrons. The van der Waals surface area contributed by atoms with E-state index in [0.717, 1.165) is 6.26 Å². The smallest absolute Gasteiger partial charge is 0.231 e. The third kappa shape index (κ3) is 3.14. The zero-order valence-corrected chi connectivity index (χ0v) is 10.9. The first kappa shape index (κ1) is 12.7. The number of nitrogens with one attached hydrogen (secondary N) is 1. The Morgan fingerprint density at radius 1 is 1.17 bits per heavy atom. The molecule has 0 amide bonds. The second-order valence-electron chi connectivity index (χ2n) is 3.50. The first-order chi connectivity index (χ1) is 8.45. The minimum atomic E-state index is -3.19. The van der Waals surface area contributed by atoms with Crippen LogP contribution in [0, 0.1) is 0 Å². The van der Waals surface area contributed by atoms with Gasteiger partial charge >= 0.3 is 0 Å². The molecule has 0 spiro atoms. The van der Waals surface area contributed by atoms with Crippen LogP contribution in [0.4, 0.5) is 11.6 Å². The van der Waals surface area contributed by atoms with Crippen LogP contribution >= 0.6 is 11.6 Å². The second kappa shape index (κ2) is 4.87. The molecule has 0 aliphatic carbocycles. The molecule has 0 saturated carbocycles. The quantitative estimate of drug-likeness (QED) is 0.923. The van der Waals surface area contributed by atoms with Crippen LogP contribution in [0.25, 0.3) is 0 Å². The molecule has 2 rings (SSSR count). The Kier molecular flexibility index (Phi) is 3.44. The molecule has 6 nitrogen and oxygen atoms in total. The van der Waals surface area contributed by atoms with E-state index in [1.54, 1.807) is 12.1 Å². The molecule has 0 atom stereocenters. The Morgan fingerprint density at radius 3 is 2.39 bits per heavy atom. The topological polar surface area (TPSA) is 84.8 Å². The Hall–Kier alpha value is -1.73. The highest BCUT2D eigenvalue weighted by Gasteiger charge is 2.06. The van der Waals surface area contributed by atoms with Gasteiger partial charge in [-0.3, -0.25) is 0 Å². The molecule has 1 N–H and O–H groups in total. The first-order valence-corrected chi connectivity index (χ1v) is 7.14.